The SMILES string of the molecule is Clc1ccc(Cl)c(Cn2cc(-c3ccccc3)cn2)n1. The molecule has 0 fully saturated rings. The van der Waals surface area contributed by atoms with Gasteiger partial charge in [-0.3, -0.25) is 4.68 Å². The Morgan fingerprint density at radius 3 is 2.55 bits per heavy atom. The van der Waals surface area contributed by atoms with E-state index in [1.165, 1.54) is 0 Å². The van der Waals surface area contributed by atoms with E-state index in [9.17, 15) is 0 Å². The van der Waals surface area contributed by atoms with Crippen LogP contribution in [0, 0.1) is 0 Å². The second-order valence-corrected chi connectivity index (χ2v) is 5.15. The Hall–Kier alpha value is -1.84. The summed E-state index contributed by atoms with van der Waals surface area (Å²) >= 11 is 12.0. The second-order valence-electron chi connectivity index (χ2n) is 4.36. The highest BCUT2D eigenvalue weighted by Gasteiger charge is 2.06. The molecule has 0 bridgehead atoms. The summed E-state index contributed by atoms with van der Waals surface area (Å²) < 4.78 is 1.80. The van der Waals surface area contributed by atoms with Gasteiger partial charge in [0.2, 0.25) is 0 Å². The van der Waals surface area contributed by atoms with Crippen LogP contribution in [0.1, 0.15) is 5.69 Å². The zero-order valence-corrected chi connectivity index (χ0v) is 12.0. The lowest BCUT2D eigenvalue weighted by Gasteiger charge is -2.04. The van der Waals surface area contributed by atoms with Gasteiger partial charge in [-0.25, -0.2) is 4.98 Å². The molecule has 1 aromatic carbocycles. The standard InChI is InChI=1S/C15H11Cl2N3/c16-13-6-7-15(17)19-14(13)10-20-9-12(8-18-20)11-4-2-1-3-5-11/h1-9H,10H2. The van der Waals surface area contributed by atoms with Crippen LogP contribution in [0.15, 0.2) is 54.9 Å². The average Bonchev–Trinajstić information content (AvgIpc) is 2.92. The summed E-state index contributed by atoms with van der Waals surface area (Å²) in [6.07, 6.45) is 3.79. The molecule has 0 amide bonds. The van der Waals surface area contributed by atoms with Crippen LogP contribution in [0.3, 0.4) is 0 Å². The maximum Gasteiger partial charge on any atom is 0.129 e. The summed E-state index contributed by atoms with van der Waals surface area (Å²) in [5.74, 6) is 0. The van der Waals surface area contributed by atoms with E-state index in [-0.39, 0.29) is 0 Å². The molecule has 2 heterocycles. The fourth-order valence-electron chi connectivity index (χ4n) is 1.95. The van der Waals surface area contributed by atoms with Gasteiger partial charge in [0.05, 0.1) is 23.5 Å². The van der Waals surface area contributed by atoms with Crippen LogP contribution < -0.4 is 0 Å². The van der Waals surface area contributed by atoms with Crippen LogP contribution in [0.4, 0.5) is 0 Å². The largest absolute Gasteiger partial charge is 0.266 e. The molecular weight excluding hydrogens is 293 g/mol. The molecule has 5 heteroatoms. The normalized spacial score (nSPS) is 10.7. The van der Waals surface area contributed by atoms with Crippen molar-refractivity contribution in [2.24, 2.45) is 0 Å². The minimum absolute atomic E-state index is 0.430. The van der Waals surface area contributed by atoms with Gasteiger partial charge in [-0.15, -0.1) is 0 Å². The van der Waals surface area contributed by atoms with Crippen molar-refractivity contribution in [2.45, 2.75) is 6.54 Å². The van der Waals surface area contributed by atoms with Gasteiger partial charge in [0.15, 0.2) is 0 Å². The number of rotatable bonds is 3. The van der Waals surface area contributed by atoms with E-state index in [1.807, 2.05) is 42.7 Å². The number of halogens is 2. The monoisotopic (exact) mass is 303 g/mol. The van der Waals surface area contributed by atoms with Gasteiger partial charge in [0.1, 0.15) is 5.15 Å². The van der Waals surface area contributed by atoms with Gasteiger partial charge in [-0.05, 0) is 17.7 Å². The number of hydrogen-bond acceptors (Lipinski definition) is 2. The Labute approximate surface area is 126 Å². The third-order valence-electron chi connectivity index (χ3n) is 2.94. The fourth-order valence-corrected chi connectivity index (χ4v) is 2.28. The third kappa shape index (κ3) is 2.84. The quantitative estimate of drug-likeness (QED) is 0.675. The highest BCUT2D eigenvalue weighted by atomic mass is 35.5. The van der Waals surface area contributed by atoms with Gasteiger partial charge >= 0.3 is 0 Å². The van der Waals surface area contributed by atoms with Crippen molar-refractivity contribution in [3.05, 3.63) is 70.7 Å². The maximum atomic E-state index is 6.11. The lowest BCUT2D eigenvalue weighted by atomic mass is 10.1. The van der Waals surface area contributed by atoms with Crippen LogP contribution in [0.25, 0.3) is 11.1 Å². The van der Waals surface area contributed by atoms with Gasteiger partial charge < -0.3 is 0 Å². The predicted molar refractivity (Wildman–Crippen MR) is 81.0 cm³/mol. The zero-order chi connectivity index (χ0) is 13.9. The molecule has 3 aromatic rings. The lowest BCUT2D eigenvalue weighted by Crippen LogP contribution is -2.02. The molecule has 0 aliphatic heterocycles. The van der Waals surface area contributed by atoms with Crippen molar-refractivity contribution >= 4 is 23.2 Å². The first kappa shape index (κ1) is 13.2. The third-order valence-corrected chi connectivity index (χ3v) is 3.49. The molecule has 0 radical (unpaired) electrons. The number of nitrogens with zero attached hydrogens (tertiary/aromatic N) is 3. The minimum Gasteiger partial charge on any atom is -0.266 e. The van der Waals surface area contributed by atoms with Gasteiger partial charge in [-0.1, -0.05) is 53.5 Å². The molecule has 3 rings (SSSR count). The first-order valence-corrected chi connectivity index (χ1v) is 6.87. The molecule has 20 heavy (non-hydrogen) atoms. The molecule has 2 aromatic heterocycles. The Morgan fingerprint density at radius 1 is 0.950 bits per heavy atom. The van der Waals surface area contributed by atoms with E-state index in [1.54, 1.807) is 16.8 Å². The number of hydrogen-bond donors (Lipinski definition) is 0. The molecule has 0 N–H and O–H groups in total. The highest BCUT2D eigenvalue weighted by molar-refractivity contribution is 6.32. The molecule has 3 nitrogen and oxygen atoms in total. The minimum atomic E-state index is 0.430. The number of pyridine rings is 1. The molecule has 0 saturated carbocycles. The Kier molecular flexibility index (Phi) is 3.72. The number of aromatic nitrogens is 3. The lowest BCUT2D eigenvalue weighted by molar-refractivity contribution is 0.673. The van der Waals surface area contributed by atoms with Gasteiger partial charge in [0.25, 0.3) is 0 Å². The molecule has 0 atom stereocenters. The van der Waals surface area contributed by atoms with E-state index in [0.29, 0.717) is 22.4 Å². The fraction of sp³-hybridized carbons (Fsp3) is 0.0667. The van der Waals surface area contributed by atoms with E-state index in [4.69, 9.17) is 23.2 Å². The molecule has 0 spiro atoms. The Morgan fingerprint density at radius 2 is 1.75 bits per heavy atom. The summed E-state index contributed by atoms with van der Waals surface area (Å²) in [7, 11) is 0. The number of benzene rings is 1. The molecule has 100 valence electrons. The topological polar surface area (TPSA) is 30.7 Å². The van der Waals surface area contributed by atoms with Crippen molar-refractivity contribution in [3.8, 4) is 11.1 Å². The molecule has 0 unspecified atom stereocenters. The Bertz CT molecular complexity index is 723. The van der Waals surface area contributed by atoms with Gasteiger partial charge in [0, 0.05) is 11.8 Å². The van der Waals surface area contributed by atoms with Crippen molar-refractivity contribution in [1.29, 1.82) is 0 Å². The van der Waals surface area contributed by atoms with Crippen LogP contribution in [-0.2, 0) is 6.54 Å². The first-order valence-electron chi connectivity index (χ1n) is 6.11. The summed E-state index contributed by atoms with van der Waals surface area (Å²) in [4.78, 5) is 4.22. The smallest absolute Gasteiger partial charge is 0.129 e. The van der Waals surface area contributed by atoms with Crippen molar-refractivity contribution in [2.75, 3.05) is 0 Å². The maximum absolute atomic E-state index is 6.11. The van der Waals surface area contributed by atoms with Gasteiger partial charge in [-0.2, -0.15) is 5.10 Å². The summed E-state index contributed by atoms with van der Waals surface area (Å²) in [5.41, 5.74) is 2.90. The summed E-state index contributed by atoms with van der Waals surface area (Å²) in [6, 6.07) is 13.5. The zero-order valence-electron chi connectivity index (χ0n) is 10.5. The molecule has 0 saturated heterocycles. The highest BCUT2D eigenvalue weighted by Crippen LogP contribution is 2.20. The molecule has 0 aliphatic rings. The van der Waals surface area contributed by atoms with Crippen LogP contribution in [0.5, 0.6) is 0 Å². The van der Waals surface area contributed by atoms with Crippen LogP contribution >= 0.6 is 23.2 Å². The summed E-state index contributed by atoms with van der Waals surface area (Å²) in [6.45, 7) is 0.492. The van der Waals surface area contributed by atoms with E-state index >= 15 is 0 Å². The van der Waals surface area contributed by atoms with E-state index in [2.05, 4.69) is 10.1 Å². The van der Waals surface area contributed by atoms with Crippen LogP contribution in [0.2, 0.25) is 10.2 Å². The van der Waals surface area contributed by atoms with E-state index in [0.717, 1.165) is 11.1 Å². The Balaban J connectivity index is 1.86. The average molecular weight is 304 g/mol. The first-order chi connectivity index (χ1) is 9.72. The van der Waals surface area contributed by atoms with Crippen molar-refractivity contribution in [3.63, 3.8) is 0 Å². The predicted octanol–water partition coefficient (Wildman–Crippen LogP) is 4.30. The second kappa shape index (κ2) is 5.65. The van der Waals surface area contributed by atoms with E-state index < -0.39 is 0 Å². The molecule has 0 aliphatic carbocycles. The van der Waals surface area contributed by atoms with Crippen LogP contribution in [-0.4, -0.2) is 14.8 Å². The van der Waals surface area contributed by atoms with Crippen molar-refractivity contribution in [1.82, 2.24) is 14.8 Å². The molecular formula is C15H11Cl2N3. The van der Waals surface area contributed by atoms with Crippen molar-refractivity contribution < 1.29 is 0 Å². The summed E-state index contributed by atoms with van der Waals surface area (Å²) in [5, 5.41) is 5.35.